The molecule has 1 amide bonds. The van der Waals surface area contributed by atoms with E-state index < -0.39 is 5.41 Å². The highest BCUT2D eigenvalue weighted by Gasteiger charge is 2.40. The lowest BCUT2D eigenvalue weighted by atomic mass is 9.91. The van der Waals surface area contributed by atoms with Crippen LogP contribution in [0.2, 0.25) is 0 Å². The predicted molar refractivity (Wildman–Crippen MR) is 62.4 cm³/mol. The van der Waals surface area contributed by atoms with Gasteiger partial charge in [0, 0.05) is 12.6 Å². The first-order valence-corrected chi connectivity index (χ1v) is 5.54. The van der Waals surface area contributed by atoms with E-state index in [1.807, 2.05) is 0 Å². The van der Waals surface area contributed by atoms with Gasteiger partial charge in [0.1, 0.15) is 0 Å². The average molecular weight is 230 g/mol. The van der Waals surface area contributed by atoms with E-state index in [1.165, 1.54) is 0 Å². The van der Waals surface area contributed by atoms with Crippen molar-refractivity contribution in [3.05, 3.63) is 0 Å². The zero-order chi connectivity index (χ0) is 11.6. The summed E-state index contributed by atoms with van der Waals surface area (Å²) < 4.78 is 0. The fraction of sp³-hybridized carbons (Fsp3) is 0.800. The van der Waals surface area contributed by atoms with Gasteiger partial charge in [-0.2, -0.15) is 0 Å². The summed E-state index contributed by atoms with van der Waals surface area (Å²) in [5, 5.41) is 8.91. The molecule has 15 heavy (non-hydrogen) atoms. The van der Waals surface area contributed by atoms with Crippen LogP contribution >= 0.6 is 12.2 Å². The van der Waals surface area contributed by atoms with E-state index in [-0.39, 0.29) is 23.5 Å². The van der Waals surface area contributed by atoms with E-state index in [2.05, 4.69) is 0 Å². The van der Waals surface area contributed by atoms with Gasteiger partial charge in [-0.15, -0.1) is 0 Å². The second kappa shape index (κ2) is 4.45. The first-order valence-electron chi connectivity index (χ1n) is 5.13. The number of nitrogens with two attached hydrogens (primary N) is 1. The van der Waals surface area contributed by atoms with Crippen LogP contribution in [-0.4, -0.2) is 40.1 Å². The van der Waals surface area contributed by atoms with Crippen molar-refractivity contribution in [3.63, 3.8) is 0 Å². The third-order valence-corrected chi connectivity index (χ3v) is 3.25. The molecule has 0 heterocycles. The minimum absolute atomic E-state index is 0.0182. The summed E-state index contributed by atoms with van der Waals surface area (Å²) in [7, 11) is 0. The third kappa shape index (κ3) is 2.66. The number of aliphatic hydroxyl groups excluding tert-OH is 1. The van der Waals surface area contributed by atoms with Crippen LogP contribution in [-0.2, 0) is 4.79 Å². The van der Waals surface area contributed by atoms with Crippen molar-refractivity contribution in [1.29, 1.82) is 0 Å². The monoisotopic (exact) mass is 230 g/mol. The number of thiocarbonyl (C=S) groups is 1. The Morgan fingerprint density at radius 2 is 2.13 bits per heavy atom. The van der Waals surface area contributed by atoms with E-state index >= 15 is 0 Å². The average Bonchev–Trinajstić information content (AvgIpc) is 2.96. The minimum atomic E-state index is -0.812. The molecule has 1 rings (SSSR count). The molecule has 0 unspecified atom stereocenters. The molecular weight excluding hydrogens is 212 g/mol. The van der Waals surface area contributed by atoms with Gasteiger partial charge in [-0.25, -0.2) is 0 Å². The number of hydrogen-bond acceptors (Lipinski definition) is 3. The van der Waals surface area contributed by atoms with Crippen LogP contribution in [0, 0.1) is 5.41 Å². The number of aliphatic hydroxyl groups is 1. The molecule has 0 atom stereocenters. The van der Waals surface area contributed by atoms with Gasteiger partial charge in [0.2, 0.25) is 5.91 Å². The molecule has 86 valence electrons. The lowest BCUT2D eigenvalue weighted by molar-refractivity contribution is -0.138. The lowest BCUT2D eigenvalue weighted by Crippen LogP contribution is -2.48. The summed E-state index contributed by atoms with van der Waals surface area (Å²) in [6.45, 7) is 3.81. The molecular formula is C10H18N2O2S. The zero-order valence-corrected chi connectivity index (χ0v) is 10.0. The van der Waals surface area contributed by atoms with Crippen molar-refractivity contribution in [2.45, 2.75) is 32.7 Å². The Hall–Kier alpha value is -0.680. The van der Waals surface area contributed by atoms with Crippen molar-refractivity contribution >= 4 is 23.1 Å². The Bertz CT molecular complexity index is 275. The maximum Gasteiger partial charge on any atom is 0.235 e. The predicted octanol–water partition coefficient (Wildman–Crippen LogP) is 0.282. The van der Waals surface area contributed by atoms with Crippen molar-refractivity contribution < 1.29 is 9.90 Å². The first kappa shape index (κ1) is 12.4. The second-order valence-corrected chi connectivity index (χ2v) is 4.88. The van der Waals surface area contributed by atoms with Crippen LogP contribution in [0.5, 0.6) is 0 Å². The normalized spacial score (nSPS) is 16.2. The number of carbonyl (C=O) groups is 1. The molecule has 0 spiro atoms. The highest BCUT2D eigenvalue weighted by molar-refractivity contribution is 7.80. The van der Waals surface area contributed by atoms with Crippen molar-refractivity contribution in [2.75, 3.05) is 13.2 Å². The van der Waals surface area contributed by atoms with Gasteiger partial charge < -0.3 is 15.7 Å². The quantitative estimate of drug-likeness (QED) is 0.666. The summed E-state index contributed by atoms with van der Waals surface area (Å²) in [6, 6.07) is 0.276. The van der Waals surface area contributed by atoms with Crippen molar-refractivity contribution in [2.24, 2.45) is 11.1 Å². The largest absolute Gasteiger partial charge is 0.395 e. The second-order valence-electron chi connectivity index (χ2n) is 4.44. The van der Waals surface area contributed by atoms with Crippen LogP contribution < -0.4 is 5.73 Å². The molecule has 0 saturated heterocycles. The van der Waals surface area contributed by atoms with Gasteiger partial charge in [0.05, 0.1) is 17.0 Å². The summed E-state index contributed by atoms with van der Waals surface area (Å²) in [6.07, 6.45) is 2.03. The smallest absolute Gasteiger partial charge is 0.235 e. The minimum Gasteiger partial charge on any atom is -0.395 e. The van der Waals surface area contributed by atoms with E-state index in [9.17, 15) is 4.79 Å². The summed E-state index contributed by atoms with van der Waals surface area (Å²) in [4.78, 5) is 14.0. The van der Waals surface area contributed by atoms with E-state index in [4.69, 9.17) is 23.1 Å². The van der Waals surface area contributed by atoms with Gasteiger partial charge in [0.15, 0.2) is 0 Å². The van der Waals surface area contributed by atoms with E-state index in [1.54, 1.807) is 18.7 Å². The zero-order valence-electron chi connectivity index (χ0n) is 9.19. The number of carbonyl (C=O) groups excluding carboxylic acids is 1. The fourth-order valence-corrected chi connectivity index (χ4v) is 1.50. The van der Waals surface area contributed by atoms with Gasteiger partial charge >= 0.3 is 0 Å². The molecule has 1 aliphatic carbocycles. The van der Waals surface area contributed by atoms with Crippen LogP contribution in [0.15, 0.2) is 0 Å². The molecule has 0 radical (unpaired) electrons. The van der Waals surface area contributed by atoms with Crippen LogP contribution in [0.1, 0.15) is 26.7 Å². The molecule has 0 aromatic rings. The summed E-state index contributed by atoms with van der Waals surface area (Å²) >= 11 is 4.89. The molecule has 0 bridgehead atoms. The molecule has 0 aromatic carbocycles. The number of rotatable bonds is 5. The standard InChI is InChI=1S/C10H18N2O2S/c1-10(2,8(11)15)9(14)12(5-6-13)7-3-4-7/h7,13H,3-6H2,1-2H3,(H2,11,15). The summed E-state index contributed by atoms with van der Waals surface area (Å²) in [5.41, 5.74) is 4.73. The van der Waals surface area contributed by atoms with E-state index in [0.717, 1.165) is 12.8 Å². The highest BCUT2D eigenvalue weighted by Crippen LogP contribution is 2.31. The van der Waals surface area contributed by atoms with Gasteiger partial charge in [-0.1, -0.05) is 12.2 Å². The molecule has 1 fully saturated rings. The van der Waals surface area contributed by atoms with Gasteiger partial charge in [0.25, 0.3) is 0 Å². The highest BCUT2D eigenvalue weighted by atomic mass is 32.1. The maximum atomic E-state index is 12.1. The Labute approximate surface area is 95.4 Å². The fourth-order valence-electron chi connectivity index (χ4n) is 1.41. The third-order valence-electron chi connectivity index (χ3n) is 2.74. The number of hydrogen-bond donors (Lipinski definition) is 2. The Kier molecular flexibility index (Phi) is 3.67. The maximum absolute atomic E-state index is 12.1. The molecule has 1 saturated carbocycles. The molecule has 0 aromatic heterocycles. The summed E-state index contributed by atoms with van der Waals surface area (Å²) in [5.74, 6) is -0.0773. The Morgan fingerprint density at radius 1 is 1.60 bits per heavy atom. The number of nitrogens with zero attached hydrogens (tertiary/aromatic N) is 1. The van der Waals surface area contributed by atoms with Gasteiger partial charge in [-0.05, 0) is 26.7 Å². The van der Waals surface area contributed by atoms with Crippen molar-refractivity contribution in [1.82, 2.24) is 4.90 Å². The molecule has 5 heteroatoms. The lowest BCUT2D eigenvalue weighted by Gasteiger charge is -2.30. The molecule has 3 N–H and O–H groups in total. The Morgan fingerprint density at radius 3 is 2.47 bits per heavy atom. The topological polar surface area (TPSA) is 66.6 Å². The van der Waals surface area contributed by atoms with Crippen molar-refractivity contribution in [3.8, 4) is 0 Å². The molecule has 1 aliphatic rings. The molecule has 0 aliphatic heterocycles. The van der Waals surface area contributed by atoms with Crippen LogP contribution in [0.4, 0.5) is 0 Å². The van der Waals surface area contributed by atoms with Crippen LogP contribution in [0.25, 0.3) is 0 Å². The Balaban J connectivity index is 2.74. The SMILES string of the molecule is CC(C)(C(=O)N(CCO)C1CC1)C(N)=S. The van der Waals surface area contributed by atoms with Crippen LogP contribution in [0.3, 0.4) is 0 Å². The van der Waals surface area contributed by atoms with Gasteiger partial charge in [-0.3, -0.25) is 4.79 Å². The van der Waals surface area contributed by atoms with E-state index in [0.29, 0.717) is 6.54 Å². The number of amides is 1. The first-order chi connectivity index (χ1) is 6.91. The molecule has 4 nitrogen and oxygen atoms in total.